The number of rotatable bonds is 1. The zero-order valence-electron chi connectivity index (χ0n) is 12.1. The Balaban J connectivity index is 1.60. The van der Waals surface area contributed by atoms with Crippen LogP contribution in [0, 0.1) is 0 Å². The maximum Gasteiger partial charge on any atom is 0.231 e. The summed E-state index contributed by atoms with van der Waals surface area (Å²) in [7, 11) is 0. The number of benzene rings is 3. The van der Waals surface area contributed by atoms with Gasteiger partial charge in [-0.15, -0.1) is 0 Å². The minimum atomic E-state index is 0.275. The SMILES string of the molecule is c1ccc2c(c1)Oc1cc(-c3cccc4c3OCO4)ccc1S2. The third-order valence-electron chi connectivity index (χ3n) is 3.94. The number of hydrogen-bond acceptors (Lipinski definition) is 4. The third-order valence-corrected chi connectivity index (χ3v) is 5.05. The van der Waals surface area contributed by atoms with E-state index in [9.17, 15) is 0 Å². The van der Waals surface area contributed by atoms with Gasteiger partial charge in [-0.1, -0.05) is 42.1 Å². The maximum absolute atomic E-state index is 6.07. The highest BCUT2D eigenvalue weighted by atomic mass is 32.2. The summed E-state index contributed by atoms with van der Waals surface area (Å²) < 4.78 is 17.1. The van der Waals surface area contributed by atoms with Gasteiger partial charge in [0.2, 0.25) is 6.79 Å². The van der Waals surface area contributed by atoms with Crippen LogP contribution < -0.4 is 14.2 Å². The lowest BCUT2D eigenvalue weighted by molar-refractivity contribution is 0.174. The Morgan fingerprint density at radius 1 is 0.739 bits per heavy atom. The highest BCUT2D eigenvalue weighted by molar-refractivity contribution is 7.99. The van der Waals surface area contributed by atoms with E-state index in [-0.39, 0.29) is 6.79 Å². The molecule has 2 aliphatic heterocycles. The van der Waals surface area contributed by atoms with Crippen LogP contribution in [0.5, 0.6) is 23.0 Å². The average Bonchev–Trinajstić information content (AvgIpc) is 3.08. The topological polar surface area (TPSA) is 27.7 Å². The molecule has 5 rings (SSSR count). The number of fused-ring (bicyclic) bond motifs is 3. The quantitative estimate of drug-likeness (QED) is 0.473. The van der Waals surface area contributed by atoms with Crippen LogP contribution in [0.25, 0.3) is 11.1 Å². The summed E-state index contributed by atoms with van der Waals surface area (Å²) in [6, 6.07) is 20.3. The van der Waals surface area contributed by atoms with Gasteiger partial charge >= 0.3 is 0 Å². The van der Waals surface area contributed by atoms with Crippen molar-refractivity contribution in [2.45, 2.75) is 9.79 Å². The van der Waals surface area contributed by atoms with Crippen molar-refractivity contribution in [3.8, 4) is 34.1 Å². The molecule has 0 spiro atoms. The molecule has 0 saturated heterocycles. The summed E-state index contributed by atoms with van der Waals surface area (Å²) in [5.41, 5.74) is 2.08. The van der Waals surface area contributed by atoms with Crippen molar-refractivity contribution in [2.75, 3.05) is 6.79 Å². The van der Waals surface area contributed by atoms with E-state index in [1.165, 1.54) is 0 Å². The van der Waals surface area contributed by atoms with Crippen molar-refractivity contribution in [1.29, 1.82) is 0 Å². The molecule has 3 aromatic rings. The first-order valence-electron chi connectivity index (χ1n) is 7.36. The fraction of sp³-hybridized carbons (Fsp3) is 0.0526. The summed E-state index contributed by atoms with van der Waals surface area (Å²) in [6.07, 6.45) is 0. The first-order valence-corrected chi connectivity index (χ1v) is 8.18. The Labute approximate surface area is 137 Å². The molecular weight excluding hydrogens is 308 g/mol. The predicted octanol–water partition coefficient (Wildman–Crippen LogP) is 5.34. The second-order valence-electron chi connectivity index (χ2n) is 5.35. The Hall–Kier alpha value is -2.59. The predicted molar refractivity (Wildman–Crippen MR) is 88.6 cm³/mol. The van der Waals surface area contributed by atoms with E-state index in [1.54, 1.807) is 11.8 Å². The summed E-state index contributed by atoms with van der Waals surface area (Å²) in [4.78, 5) is 2.27. The molecule has 23 heavy (non-hydrogen) atoms. The second-order valence-corrected chi connectivity index (χ2v) is 6.44. The van der Waals surface area contributed by atoms with Crippen molar-refractivity contribution in [1.82, 2.24) is 0 Å². The molecule has 0 fully saturated rings. The molecule has 0 unspecified atom stereocenters. The minimum absolute atomic E-state index is 0.275. The van der Waals surface area contributed by atoms with Gasteiger partial charge in [0.05, 0.1) is 9.79 Å². The lowest BCUT2D eigenvalue weighted by Gasteiger charge is -2.20. The number of hydrogen-bond donors (Lipinski definition) is 0. The van der Waals surface area contributed by atoms with E-state index < -0.39 is 0 Å². The van der Waals surface area contributed by atoms with E-state index in [4.69, 9.17) is 14.2 Å². The third kappa shape index (κ3) is 2.06. The molecule has 0 aromatic heterocycles. The second kappa shape index (κ2) is 4.96. The van der Waals surface area contributed by atoms with Gasteiger partial charge in [0.15, 0.2) is 11.5 Å². The molecule has 3 nitrogen and oxygen atoms in total. The van der Waals surface area contributed by atoms with Crippen molar-refractivity contribution in [3.63, 3.8) is 0 Å². The fourth-order valence-electron chi connectivity index (χ4n) is 2.85. The first-order chi connectivity index (χ1) is 11.4. The van der Waals surface area contributed by atoms with Crippen LogP contribution in [0.4, 0.5) is 0 Å². The van der Waals surface area contributed by atoms with Crippen LogP contribution in [0.15, 0.2) is 70.5 Å². The zero-order chi connectivity index (χ0) is 15.2. The molecule has 0 aliphatic carbocycles. The van der Waals surface area contributed by atoms with Gasteiger partial charge < -0.3 is 14.2 Å². The Bertz CT molecular complexity index is 920. The standard InChI is InChI=1S/C19H12O3S/c1-2-7-17-14(5-1)22-16-10-12(8-9-18(16)23-17)13-4-3-6-15-19(13)21-11-20-15/h1-10H,11H2. The molecule has 0 N–H and O–H groups in total. The monoisotopic (exact) mass is 320 g/mol. The van der Waals surface area contributed by atoms with Gasteiger partial charge in [0.25, 0.3) is 0 Å². The highest BCUT2D eigenvalue weighted by Gasteiger charge is 2.21. The molecule has 0 amide bonds. The summed E-state index contributed by atoms with van der Waals surface area (Å²) >= 11 is 1.73. The van der Waals surface area contributed by atoms with Crippen LogP contribution in [0.1, 0.15) is 0 Å². The van der Waals surface area contributed by atoms with Crippen molar-refractivity contribution >= 4 is 11.8 Å². The first kappa shape index (κ1) is 12.9. The lowest BCUT2D eigenvalue weighted by atomic mass is 10.0. The Kier molecular flexibility index (Phi) is 2.78. The van der Waals surface area contributed by atoms with E-state index in [2.05, 4.69) is 24.3 Å². The van der Waals surface area contributed by atoms with Gasteiger partial charge in [-0.2, -0.15) is 0 Å². The molecule has 4 heteroatoms. The van der Waals surface area contributed by atoms with Gasteiger partial charge in [0, 0.05) is 5.56 Å². The summed E-state index contributed by atoms with van der Waals surface area (Å²) in [5, 5.41) is 0. The number of para-hydroxylation sites is 2. The van der Waals surface area contributed by atoms with E-state index >= 15 is 0 Å². The zero-order valence-corrected chi connectivity index (χ0v) is 12.9. The number of ether oxygens (including phenoxy) is 3. The van der Waals surface area contributed by atoms with Gasteiger partial charge in [0.1, 0.15) is 11.5 Å². The molecule has 112 valence electrons. The molecule has 2 aliphatic rings. The maximum atomic E-state index is 6.07. The van der Waals surface area contributed by atoms with Crippen molar-refractivity contribution < 1.29 is 14.2 Å². The van der Waals surface area contributed by atoms with E-state index in [0.29, 0.717) is 0 Å². The van der Waals surface area contributed by atoms with Crippen molar-refractivity contribution in [3.05, 3.63) is 60.7 Å². The molecule has 0 radical (unpaired) electrons. The van der Waals surface area contributed by atoms with Crippen LogP contribution in [-0.4, -0.2) is 6.79 Å². The smallest absolute Gasteiger partial charge is 0.231 e. The molecule has 0 bridgehead atoms. The molecule has 0 atom stereocenters. The molecular formula is C19H12O3S. The average molecular weight is 320 g/mol. The summed E-state index contributed by atoms with van der Waals surface area (Å²) in [6.45, 7) is 0.275. The molecule has 0 saturated carbocycles. The van der Waals surface area contributed by atoms with Crippen molar-refractivity contribution in [2.24, 2.45) is 0 Å². The minimum Gasteiger partial charge on any atom is -0.455 e. The molecule has 3 aromatic carbocycles. The highest BCUT2D eigenvalue weighted by Crippen LogP contribution is 2.49. The van der Waals surface area contributed by atoms with Crippen LogP contribution in [0.2, 0.25) is 0 Å². The van der Waals surface area contributed by atoms with Gasteiger partial charge in [-0.05, 0) is 35.9 Å². The van der Waals surface area contributed by atoms with Crippen LogP contribution in [-0.2, 0) is 0 Å². The Morgan fingerprint density at radius 2 is 1.61 bits per heavy atom. The largest absolute Gasteiger partial charge is 0.455 e. The van der Waals surface area contributed by atoms with E-state index in [1.807, 2.05) is 36.4 Å². The Morgan fingerprint density at radius 3 is 2.61 bits per heavy atom. The van der Waals surface area contributed by atoms with Gasteiger partial charge in [-0.3, -0.25) is 0 Å². The summed E-state index contributed by atoms with van der Waals surface area (Å²) in [5.74, 6) is 3.37. The molecule has 2 heterocycles. The lowest BCUT2D eigenvalue weighted by Crippen LogP contribution is -1.95. The van der Waals surface area contributed by atoms with Gasteiger partial charge in [-0.25, -0.2) is 0 Å². The van der Waals surface area contributed by atoms with Crippen LogP contribution in [0.3, 0.4) is 0 Å². The van der Waals surface area contributed by atoms with E-state index in [0.717, 1.165) is 43.9 Å². The fourth-order valence-corrected chi connectivity index (χ4v) is 3.78. The van der Waals surface area contributed by atoms with Crippen LogP contribution >= 0.6 is 11.8 Å². The normalized spacial score (nSPS) is 13.9.